The molecule has 1 nitrogen and oxygen atoms in total. The topological polar surface area (TPSA) is 20.2 Å². The van der Waals surface area contributed by atoms with Crippen molar-refractivity contribution in [3.8, 4) is 0 Å². The van der Waals surface area contributed by atoms with E-state index in [1.807, 2.05) is 20.8 Å². The Morgan fingerprint density at radius 2 is 1.80 bits per heavy atom. The van der Waals surface area contributed by atoms with Gasteiger partial charge in [-0.2, -0.15) is 0 Å². The molecule has 60 valence electrons. The van der Waals surface area contributed by atoms with E-state index in [1.165, 1.54) is 5.54 Å². The van der Waals surface area contributed by atoms with Crippen molar-refractivity contribution in [2.24, 2.45) is 11.8 Å². The highest BCUT2D eigenvalue weighted by Gasteiger charge is 2.14. The Morgan fingerprint density at radius 1 is 1.30 bits per heavy atom. The fraction of sp³-hybridized carbons (Fsp3) is 0.750. The Kier molecular flexibility index (Phi) is 4.75. The predicted molar refractivity (Wildman–Crippen MR) is 45.0 cm³/mol. The SMILES string of the molecule is CC(C)C(O)C(C)/C=C/Cl. The Hall–Kier alpha value is -0.0100. The van der Waals surface area contributed by atoms with Crippen LogP contribution in [0.4, 0.5) is 0 Å². The van der Waals surface area contributed by atoms with Crippen LogP contribution in [0.3, 0.4) is 0 Å². The van der Waals surface area contributed by atoms with Gasteiger partial charge in [-0.05, 0) is 5.92 Å². The maximum absolute atomic E-state index is 9.42. The Morgan fingerprint density at radius 3 is 2.10 bits per heavy atom. The average molecular weight is 163 g/mol. The molecule has 2 heteroatoms. The first kappa shape index (κ1) is 9.99. The van der Waals surface area contributed by atoms with E-state index in [2.05, 4.69) is 0 Å². The monoisotopic (exact) mass is 162 g/mol. The van der Waals surface area contributed by atoms with E-state index >= 15 is 0 Å². The van der Waals surface area contributed by atoms with E-state index < -0.39 is 0 Å². The van der Waals surface area contributed by atoms with Gasteiger partial charge in [-0.3, -0.25) is 0 Å². The van der Waals surface area contributed by atoms with Gasteiger partial charge in [0.25, 0.3) is 0 Å². The molecule has 2 unspecified atom stereocenters. The minimum atomic E-state index is -0.282. The van der Waals surface area contributed by atoms with E-state index in [0.717, 1.165) is 0 Å². The summed E-state index contributed by atoms with van der Waals surface area (Å²) in [6, 6.07) is 0. The lowest BCUT2D eigenvalue weighted by atomic mass is 9.95. The summed E-state index contributed by atoms with van der Waals surface area (Å²) in [6.45, 7) is 5.93. The first-order valence-electron chi connectivity index (χ1n) is 3.54. The molecule has 0 bridgehead atoms. The highest BCUT2D eigenvalue weighted by Crippen LogP contribution is 2.13. The molecule has 0 aromatic heterocycles. The van der Waals surface area contributed by atoms with Gasteiger partial charge >= 0.3 is 0 Å². The van der Waals surface area contributed by atoms with Crippen LogP contribution < -0.4 is 0 Å². The van der Waals surface area contributed by atoms with Gasteiger partial charge < -0.3 is 5.11 Å². The zero-order chi connectivity index (χ0) is 8.15. The van der Waals surface area contributed by atoms with Crippen molar-refractivity contribution in [2.45, 2.75) is 26.9 Å². The summed E-state index contributed by atoms with van der Waals surface area (Å²) in [7, 11) is 0. The standard InChI is InChI=1S/C8H15ClO/c1-6(2)8(10)7(3)4-5-9/h4-8,10H,1-3H3/b5-4+. The maximum Gasteiger partial charge on any atom is 0.0623 e. The lowest BCUT2D eigenvalue weighted by molar-refractivity contribution is 0.0912. The van der Waals surface area contributed by atoms with Gasteiger partial charge in [-0.25, -0.2) is 0 Å². The molecule has 0 radical (unpaired) electrons. The van der Waals surface area contributed by atoms with Crippen LogP contribution in [0.15, 0.2) is 11.6 Å². The third-order valence-electron chi connectivity index (χ3n) is 1.60. The molecule has 0 heterocycles. The summed E-state index contributed by atoms with van der Waals surface area (Å²) in [4.78, 5) is 0. The average Bonchev–Trinajstić information content (AvgIpc) is 1.87. The summed E-state index contributed by atoms with van der Waals surface area (Å²) in [5.41, 5.74) is 1.45. The fourth-order valence-electron chi connectivity index (χ4n) is 0.836. The molecule has 0 saturated heterocycles. The number of halogens is 1. The van der Waals surface area contributed by atoms with Crippen molar-refractivity contribution < 1.29 is 5.11 Å². The molecule has 0 amide bonds. The summed E-state index contributed by atoms with van der Waals surface area (Å²) in [5.74, 6) is 0.445. The molecular weight excluding hydrogens is 148 g/mol. The highest BCUT2D eigenvalue weighted by molar-refractivity contribution is 6.25. The second-order valence-corrected chi connectivity index (χ2v) is 3.16. The Labute approximate surface area is 67.7 Å². The van der Waals surface area contributed by atoms with Crippen LogP contribution in [-0.4, -0.2) is 11.2 Å². The fourth-order valence-corrected chi connectivity index (χ4v) is 1.07. The predicted octanol–water partition coefficient (Wildman–Crippen LogP) is 2.39. The van der Waals surface area contributed by atoms with Crippen LogP contribution in [0.1, 0.15) is 20.8 Å². The lowest BCUT2D eigenvalue weighted by Gasteiger charge is -2.18. The third-order valence-corrected chi connectivity index (χ3v) is 1.74. The first-order chi connectivity index (χ1) is 4.59. The minimum absolute atomic E-state index is 0.150. The van der Waals surface area contributed by atoms with E-state index in [1.54, 1.807) is 6.08 Å². The van der Waals surface area contributed by atoms with Crippen LogP contribution in [0, 0.1) is 11.8 Å². The van der Waals surface area contributed by atoms with Gasteiger partial charge in [0.05, 0.1) is 6.10 Å². The van der Waals surface area contributed by atoms with Crippen LogP contribution in [0.5, 0.6) is 0 Å². The minimum Gasteiger partial charge on any atom is -0.392 e. The third kappa shape index (κ3) is 3.23. The van der Waals surface area contributed by atoms with E-state index in [-0.39, 0.29) is 12.0 Å². The maximum atomic E-state index is 9.42. The molecular formula is C8H15ClO. The van der Waals surface area contributed by atoms with Gasteiger partial charge in [0, 0.05) is 11.5 Å². The second-order valence-electron chi connectivity index (χ2n) is 2.91. The Bertz CT molecular complexity index is 110. The smallest absolute Gasteiger partial charge is 0.0623 e. The van der Waals surface area contributed by atoms with E-state index in [4.69, 9.17) is 11.6 Å². The molecule has 2 atom stereocenters. The first-order valence-corrected chi connectivity index (χ1v) is 3.98. The highest BCUT2D eigenvalue weighted by atomic mass is 35.5. The van der Waals surface area contributed by atoms with E-state index in [9.17, 15) is 5.11 Å². The quantitative estimate of drug-likeness (QED) is 0.676. The normalized spacial score (nSPS) is 18.2. The summed E-state index contributed by atoms with van der Waals surface area (Å²) in [6.07, 6.45) is 1.52. The number of hydrogen-bond acceptors (Lipinski definition) is 1. The summed E-state index contributed by atoms with van der Waals surface area (Å²) >= 11 is 5.35. The van der Waals surface area contributed by atoms with Crippen molar-refractivity contribution in [3.05, 3.63) is 11.6 Å². The van der Waals surface area contributed by atoms with Crippen molar-refractivity contribution in [3.63, 3.8) is 0 Å². The summed E-state index contributed by atoms with van der Waals surface area (Å²) in [5, 5.41) is 9.42. The molecule has 10 heavy (non-hydrogen) atoms. The molecule has 0 rings (SSSR count). The number of aliphatic hydroxyl groups is 1. The van der Waals surface area contributed by atoms with Crippen molar-refractivity contribution in [2.75, 3.05) is 0 Å². The van der Waals surface area contributed by atoms with Gasteiger partial charge in [0.2, 0.25) is 0 Å². The lowest BCUT2D eigenvalue weighted by Crippen LogP contribution is -2.21. The zero-order valence-corrected chi connectivity index (χ0v) is 7.47. The molecule has 0 aromatic rings. The number of hydrogen-bond donors (Lipinski definition) is 1. The van der Waals surface area contributed by atoms with Crippen LogP contribution in [0.2, 0.25) is 0 Å². The van der Waals surface area contributed by atoms with Crippen LogP contribution in [-0.2, 0) is 0 Å². The molecule has 1 N–H and O–H groups in total. The van der Waals surface area contributed by atoms with E-state index in [0.29, 0.717) is 5.92 Å². The molecule has 0 aliphatic carbocycles. The van der Waals surface area contributed by atoms with Crippen molar-refractivity contribution >= 4 is 11.6 Å². The molecule has 0 aliphatic heterocycles. The zero-order valence-electron chi connectivity index (χ0n) is 6.71. The van der Waals surface area contributed by atoms with Crippen molar-refractivity contribution in [1.29, 1.82) is 0 Å². The second kappa shape index (κ2) is 4.75. The van der Waals surface area contributed by atoms with Gasteiger partial charge in [-0.1, -0.05) is 38.4 Å². The van der Waals surface area contributed by atoms with Crippen molar-refractivity contribution in [1.82, 2.24) is 0 Å². The van der Waals surface area contributed by atoms with Gasteiger partial charge in [-0.15, -0.1) is 0 Å². The molecule has 0 fully saturated rings. The number of aliphatic hydroxyl groups excluding tert-OH is 1. The van der Waals surface area contributed by atoms with Gasteiger partial charge in [0.15, 0.2) is 0 Å². The Balaban J connectivity index is 3.81. The summed E-state index contributed by atoms with van der Waals surface area (Å²) < 4.78 is 0. The van der Waals surface area contributed by atoms with Gasteiger partial charge in [0.1, 0.15) is 0 Å². The molecule has 0 aliphatic rings. The largest absolute Gasteiger partial charge is 0.392 e. The van der Waals surface area contributed by atoms with Crippen LogP contribution in [0.25, 0.3) is 0 Å². The molecule has 0 saturated carbocycles. The number of rotatable bonds is 3. The molecule has 0 spiro atoms. The molecule has 0 aromatic carbocycles. The van der Waals surface area contributed by atoms with Crippen LogP contribution >= 0.6 is 11.6 Å².